The third-order valence-corrected chi connectivity index (χ3v) is 4.82. The number of carbonyl (C=O) groups is 1. The average molecular weight is 408 g/mol. The van der Waals surface area contributed by atoms with Gasteiger partial charge >= 0.3 is 0 Å². The van der Waals surface area contributed by atoms with Crippen molar-refractivity contribution in [3.05, 3.63) is 59.9 Å². The van der Waals surface area contributed by atoms with Crippen LogP contribution in [0.25, 0.3) is 17.1 Å². The van der Waals surface area contributed by atoms with Crippen molar-refractivity contribution in [2.24, 2.45) is 0 Å². The number of amides is 1. The van der Waals surface area contributed by atoms with Gasteiger partial charge in [0.1, 0.15) is 5.82 Å². The lowest BCUT2D eigenvalue weighted by Gasteiger charge is -2.16. The second-order valence-corrected chi connectivity index (χ2v) is 7.14. The third kappa shape index (κ3) is 5.00. The molecule has 1 aromatic heterocycles. The molecule has 0 aliphatic carbocycles. The monoisotopic (exact) mass is 407 g/mol. The van der Waals surface area contributed by atoms with Crippen molar-refractivity contribution in [3.63, 3.8) is 0 Å². The van der Waals surface area contributed by atoms with Crippen molar-refractivity contribution in [2.75, 3.05) is 13.7 Å². The molecule has 6 heteroatoms. The van der Waals surface area contributed by atoms with Crippen molar-refractivity contribution in [1.82, 2.24) is 14.9 Å². The summed E-state index contributed by atoms with van der Waals surface area (Å²) < 4.78 is 13.6. The number of carbonyl (C=O) groups excluding carboxylic acids is 1. The number of allylic oxidation sites excluding steroid dienone is 1. The number of hydrogen-bond donors (Lipinski definition) is 1. The number of fused-ring (bicyclic) bond motifs is 1. The number of methoxy groups -OCH3 is 1. The summed E-state index contributed by atoms with van der Waals surface area (Å²) in [4.78, 5) is 16.3. The molecule has 0 radical (unpaired) electrons. The van der Waals surface area contributed by atoms with Crippen molar-refractivity contribution >= 4 is 23.0 Å². The summed E-state index contributed by atoms with van der Waals surface area (Å²) in [5, 5.41) is 2.93. The van der Waals surface area contributed by atoms with Crippen molar-refractivity contribution in [2.45, 2.75) is 39.8 Å². The predicted molar refractivity (Wildman–Crippen MR) is 120 cm³/mol. The maximum absolute atomic E-state index is 11.5. The Bertz CT molecular complexity index is 1040. The van der Waals surface area contributed by atoms with E-state index in [-0.39, 0.29) is 11.9 Å². The minimum Gasteiger partial charge on any atom is -0.493 e. The van der Waals surface area contributed by atoms with E-state index in [1.54, 1.807) is 7.11 Å². The summed E-state index contributed by atoms with van der Waals surface area (Å²) in [5.74, 6) is 2.23. The molecule has 0 aliphatic rings. The molecule has 0 fully saturated rings. The van der Waals surface area contributed by atoms with Gasteiger partial charge in [-0.3, -0.25) is 4.79 Å². The molecule has 1 N–H and O–H groups in total. The standard InChI is InChI=1S/C24H29N3O3/c1-5-9-19-12-13-22(23(16-19)29-4)30-15-8-14-27-21-11-7-6-10-20(21)26-24(27)17(2)25-18(3)28/h5-7,9-13,16-17H,8,14-15H2,1-4H3,(H,25,28)/b9-5+. The Labute approximate surface area is 177 Å². The van der Waals surface area contributed by atoms with E-state index in [2.05, 4.69) is 16.0 Å². The van der Waals surface area contributed by atoms with Gasteiger partial charge in [-0.2, -0.15) is 0 Å². The summed E-state index contributed by atoms with van der Waals surface area (Å²) in [7, 11) is 1.65. The first-order chi connectivity index (χ1) is 14.5. The second-order valence-electron chi connectivity index (χ2n) is 7.14. The van der Waals surface area contributed by atoms with Crippen LogP contribution in [0.4, 0.5) is 0 Å². The normalized spacial score (nSPS) is 12.3. The molecule has 3 aromatic rings. The molecule has 0 aliphatic heterocycles. The number of aromatic nitrogens is 2. The molecular weight excluding hydrogens is 378 g/mol. The highest BCUT2D eigenvalue weighted by Crippen LogP contribution is 2.29. The van der Waals surface area contributed by atoms with Crippen molar-refractivity contribution < 1.29 is 14.3 Å². The average Bonchev–Trinajstić information content (AvgIpc) is 3.10. The van der Waals surface area contributed by atoms with Gasteiger partial charge in [0.05, 0.1) is 30.8 Å². The van der Waals surface area contributed by atoms with Crippen LogP contribution in [0.15, 0.2) is 48.5 Å². The molecule has 2 aromatic carbocycles. The van der Waals surface area contributed by atoms with E-state index in [1.807, 2.05) is 62.4 Å². The summed E-state index contributed by atoms with van der Waals surface area (Å²) in [6.45, 7) is 6.73. The number of ether oxygens (including phenoxy) is 2. The Morgan fingerprint density at radius 1 is 1.23 bits per heavy atom. The van der Waals surface area contributed by atoms with Crippen LogP contribution in [0.3, 0.4) is 0 Å². The fraction of sp³-hybridized carbons (Fsp3) is 0.333. The largest absolute Gasteiger partial charge is 0.493 e. The third-order valence-electron chi connectivity index (χ3n) is 4.82. The van der Waals surface area contributed by atoms with E-state index in [1.165, 1.54) is 6.92 Å². The van der Waals surface area contributed by atoms with Crippen LogP contribution >= 0.6 is 0 Å². The Balaban J connectivity index is 1.71. The topological polar surface area (TPSA) is 65.4 Å². The molecule has 158 valence electrons. The number of nitrogens with zero attached hydrogens (tertiary/aromatic N) is 2. The quantitative estimate of drug-likeness (QED) is 0.520. The predicted octanol–water partition coefficient (Wildman–Crippen LogP) is 4.74. The number of rotatable bonds is 9. The van der Waals surface area contributed by atoms with Gasteiger partial charge in [0.15, 0.2) is 11.5 Å². The molecule has 0 spiro atoms. The van der Waals surface area contributed by atoms with E-state index in [0.717, 1.165) is 46.9 Å². The molecule has 1 heterocycles. The highest BCUT2D eigenvalue weighted by molar-refractivity contribution is 5.77. The first kappa shape index (κ1) is 21.4. The zero-order valence-corrected chi connectivity index (χ0v) is 18.0. The fourth-order valence-corrected chi connectivity index (χ4v) is 3.53. The van der Waals surface area contributed by atoms with Crippen LogP contribution in [-0.4, -0.2) is 29.2 Å². The van der Waals surface area contributed by atoms with Gasteiger partial charge in [0.25, 0.3) is 0 Å². The van der Waals surface area contributed by atoms with E-state index >= 15 is 0 Å². The SMILES string of the molecule is C/C=C/c1ccc(OCCCn2c(C(C)NC(C)=O)nc3ccccc32)c(OC)c1. The van der Waals surface area contributed by atoms with Gasteiger partial charge in [0, 0.05) is 13.5 Å². The van der Waals surface area contributed by atoms with Crippen LogP contribution in [-0.2, 0) is 11.3 Å². The molecular formula is C24H29N3O3. The van der Waals surface area contributed by atoms with Gasteiger partial charge in [-0.05, 0) is 50.1 Å². The first-order valence-corrected chi connectivity index (χ1v) is 10.2. The number of aryl methyl sites for hydroxylation is 1. The van der Waals surface area contributed by atoms with Crippen LogP contribution < -0.4 is 14.8 Å². The Kier molecular flexibility index (Phi) is 7.12. The van der Waals surface area contributed by atoms with Gasteiger partial charge in [0.2, 0.25) is 5.91 Å². The minimum absolute atomic E-state index is 0.0714. The van der Waals surface area contributed by atoms with Gasteiger partial charge in [-0.15, -0.1) is 0 Å². The summed E-state index contributed by atoms with van der Waals surface area (Å²) >= 11 is 0. The molecule has 1 unspecified atom stereocenters. The van der Waals surface area contributed by atoms with E-state index in [4.69, 9.17) is 14.5 Å². The summed E-state index contributed by atoms with van der Waals surface area (Å²) in [5.41, 5.74) is 3.05. The molecule has 0 bridgehead atoms. The zero-order chi connectivity index (χ0) is 21.5. The lowest BCUT2D eigenvalue weighted by Crippen LogP contribution is -2.26. The Morgan fingerprint density at radius 3 is 2.77 bits per heavy atom. The summed E-state index contributed by atoms with van der Waals surface area (Å²) in [6, 6.07) is 13.8. The highest BCUT2D eigenvalue weighted by atomic mass is 16.5. The summed E-state index contributed by atoms with van der Waals surface area (Å²) in [6.07, 6.45) is 4.80. The van der Waals surface area contributed by atoms with Crippen molar-refractivity contribution in [3.8, 4) is 11.5 Å². The Hall–Kier alpha value is -3.28. The molecule has 30 heavy (non-hydrogen) atoms. The van der Waals surface area contributed by atoms with Crippen LogP contribution in [0.2, 0.25) is 0 Å². The van der Waals surface area contributed by atoms with Crippen LogP contribution in [0.5, 0.6) is 11.5 Å². The zero-order valence-electron chi connectivity index (χ0n) is 18.0. The molecule has 0 saturated carbocycles. The second kappa shape index (κ2) is 9.96. The van der Waals surface area contributed by atoms with E-state index < -0.39 is 0 Å². The first-order valence-electron chi connectivity index (χ1n) is 10.2. The van der Waals surface area contributed by atoms with Gasteiger partial charge < -0.3 is 19.4 Å². The van der Waals surface area contributed by atoms with Crippen LogP contribution in [0, 0.1) is 0 Å². The molecule has 3 rings (SSSR count). The number of nitrogens with one attached hydrogen (secondary N) is 1. The fourth-order valence-electron chi connectivity index (χ4n) is 3.53. The lowest BCUT2D eigenvalue weighted by atomic mass is 10.2. The number of para-hydroxylation sites is 2. The number of benzene rings is 2. The Morgan fingerprint density at radius 2 is 2.03 bits per heavy atom. The van der Waals surface area contributed by atoms with Crippen LogP contribution in [0.1, 0.15) is 44.6 Å². The minimum atomic E-state index is -0.171. The molecule has 1 amide bonds. The molecule has 1 atom stereocenters. The number of hydrogen-bond acceptors (Lipinski definition) is 4. The van der Waals surface area contributed by atoms with E-state index in [9.17, 15) is 4.79 Å². The lowest BCUT2D eigenvalue weighted by molar-refractivity contribution is -0.119. The number of imidazole rings is 1. The maximum Gasteiger partial charge on any atom is 0.217 e. The van der Waals surface area contributed by atoms with E-state index in [0.29, 0.717) is 6.61 Å². The molecule has 0 saturated heterocycles. The van der Waals surface area contributed by atoms with Crippen molar-refractivity contribution in [1.29, 1.82) is 0 Å². The smallest absolute Gasteiger partial charge is 0.217 e. The highest BCUT2D eigenvalue weighted by Gasteiger charge is 2.17. The maximum atomic E-state index is 11.5. The van der Waals surface area contributed by atoms with Gasteiger partial charge in [-0.25, -0.2) is 4.98 Å². The molecule has 6 nitrogen and oxygen atoms in total. The van der Waals surface area contributed by atoms with Gasteiger partial charge in [-0.1, -0.05) is 30.4 Å².